The average molecular weight is 479 g/mol. The van der Waals surface area contributed by atoms with Crippen LogP contribution in [0.4, 0.5) is 0 Å². The Morgan fingerprint density at radius 3 is 2.85 bits per heavy atom. The number of hydrogen-bond acceptors (Lipinski definition) is 6. The highest BCUT2D eigenvalue weighted by molar-refractivity contribution is 6.31. The van der Waals surface area contributed by atoms with Crippen molar-refractivity contribution in [3.63, 3.8) is 0 Å². The van der Waals surface area contributed by atoms with Crippen LogP contribution >= 0.6 is 11.6 Å². The summed E-state index contributed by atoms with van der Waals surface area (Å²) in [5, 5.41) is 8.08. The molecule has 1 saturated heterocycles. The lowest BCUT2D eigenvalue weighted by Gasteiger charge is -2.30. The van der Waals surface area contributed by atoms with E-state index in [-0.39, 0.29) is 23.6 Å². The molecule has 3 aromatic rings. The van der Waals surface area contributed by atoms with Crippen molar-refractivity contribution in [1.29, 1.82) is 0 Å². The molecular formula is C25H27ClN6O2. The van der Waals surface area contributed by atoms with Gasteiger partial charge in [0, 0.05) is 29.2 Å². The standard InChI is InChI=1S/C25H27ClN6O2/c1-16-19(7-3-9-21(16)26)12-30-24(33)18-6-2-5-17(11-18)22-14-29-15-23(31-22)25(34)32(27)20-8-4-10-28-13-20/h2-3,5-7,9,11,14-15,20,28H,4,8,10,12-13,27H2,1H3,(H,30,33)/t20-/m0/s1. The quantitative estimate of drug-likeness (QED) is 0.285. The van der Waals surface area contributed by atoms with Crippen molar-refractivity contribution in [3.05, 3.63) is 82.3 Å². The number of nitrogens with two attached hydrogens (primary N) is 1. The first-order valence-corrected chi connectivity index (χ1v) is 11.6. The molecule has 1 aromatic heterocycles. The highest BCUT2D eigenvalue weighted by Crippen LogP contribution is 2.20. The Morgan fingerprint density at radius 2 is 2.06 bits per heavy atom. The zero-order valence-electron chi connectivity index (χ0n) is 18.9. The fourth-order valence-electron chi connectivity index (χ4n) is 3.92. The van der Waals surface area contributed by atoms with Gasteiger partial charge in [-0.05, 0) is 55.6 Å². The van der Waals surface area contributed by atoms with Gasteiger partial charge in [0.05, 0.1) is 24.1 Å². The molecule has 0 bridgehead atoms. The Bertz CT molecular complexity index is 1200. The SMILES string of the molecule is Cc1c(Cl)cccc1CNC(=O)c1cccc(-c2cncc(C(=O)N(N)[C@H]3CCCNC3)n2)c1. The highest BCUT2D eigenvalue weighted by Gasteiger charge is 2.25. The predicted octanol–water partition coefficient (Wildman–Crippen LogP) is 3.10. The van der Waals surface area contributed by atoms with Gasteiger partial charge in [-0.1, -0.05) is 35.9 Å². The van der Waals surface area contributed by atoms with Crippen molar-refractivity contribution in [2.75, 3.05) is 13.1 Å². The third-order valence-corrected chi connectivity index (χ3v) is 6.40. The summed E-state index contributed by atoms with van der Waals surface area (Å²) in [7, 11) is 0. The van der Waals surface area contributed by atoms with E-state index in [4.69, 9.17) is 17.4 Å². The molecule has 176 valence electrons. The van der Waals surface area contributed by atoms with Crippen molar-refractivity contribution in [3.8, 4) is 11.3 Å². The van der Waals surface area contributed by atoms with Crippen molar-refractivity contribution in [2.24, 2.45) is 5.84 Å². The summed E-state index contributed by atoms with van der Waals surface area (Å²) < 4.78 is 0. The lowest BCUT2D eigenvalue weighted by atomic mass is 10.1. The molecule has 34 heavy (non-hydrogen) atoms. The van der Waals surface area contributed by atoms with E-state index in [0.717, 1.165) is 30.5 Å². The number of nitrogens with one attached hydrogen (secondary N) is 2. The number of amides is 2. The molecule has 9 heteroatoms. The second kappa shape index (κ2) is 10.7. The van der Waals surface area contributed by atoms with E-state index in [1.54, 1.807) is 24.4 Å². The van der Waals surface area contributed by atoms with Crippen LogP contribution in [-0.4, -0.2) is 45.9 Å². The van der Waals surface area contributed by atoms with Crippen molar-refractivity contribution in [2.45, 2.75) is 32.4 Å². The molecule has 0 spiro atoms. The molecule has 4 N–H and O–H groups in total. The molecular weight excluding hydrogens is 452 g/mol. The number of hydrogen-bond donors (Lipinski definition) is 3. The van der Waals surface area contributed by atoms with Gasteiger partial charge in [-0.2, -0.15) is 0 Å². The zero-order valence-corrected chi connectivity index (χ0v) is 19.7. The molecule has 2 aromatic carbocycles. The Morgan fingerprint density at radius 1 is 1.24 bits per heavy atom. The van der Waals surface area contributed by atoms with Crippen LogP contribution in [0.2, 0.25) is 5.02 Å². The van der Waals surface area contributed by atoms with Crippen LogP contribution in [0.15, 0.2) is 54.9 Å². The molecule has 0 radical (unpaired) electrons. The first-order valence-electron chi connectivity index (χ1n) is 11.2. The minimum absolute atomic E-state index is 0.0816. The maximum absolute atomic E-state index is 12.9. The number of nitrogens with zero attached hydrogens (tertiary/aromatic N) is 3. The summed E-state index contributed by atoms with van der Waals surface area (Å²) in [6, 6.07) is 12.6. The second-order valence-electron chi connectivity index (χ2n) is 8.29. The number of piperidine rings is 1. The van der Waals surface area contributed by atoms with Gasteiger partial charge in [-0.25, -0.2) is 10.8 Å². The van der Waals surface area contributed by atoms with Gasteiger partial charge in [-0.15, -0.1) is 0 Å². The van der Waals surface area contributed by atoms with E-state index < -0.39 is 0 Å². The van der Waals surface area contributed by atoms with Crippen molar-refractivity contribution >= 4 is 23.4 Å². The molecule has 1 aliphatic heterocycles. The van der Waals surface area contributed by atoms with Gasteiger partial charge in [0.2, 0.25) is 0 Å². The molecule has 8 nitrogen and oxygen atoms in total. The summed E-state index contributed by atoms with van der Waals surface area (Å²) >= 11 is 6.17. The Kier molecular flexibility index (Phi) is 7.52. The van der Waals surface area contributed by atoms with Crippen LogP contribution in [0, 0.1) is 6.92 Å². The van der Waals surface area contributed by atoms with Crippen LogP contribution in [0.5, 0.6) is 0 Å². The lowest BCUT2D eigenvalue weighted by Crippen LogP contribution is -2.52. The molecule has 0 unspecified atom stereocenters. The number of hydrazine groups is 1. The molecule has 2 amide bonds. The number of benzene rings is 2. The minimum atomic E-state index is -0.381. The fourth-order valence-corrected chi connectivity index (χ4v) is 4.11. The lowest BCUT2D eigenvalue weighted by molar-refractivity contribution is 0.0642. The third kappa shape index (κ3) is 5.41. The molecule has 4 rings (SSSR count). The smallest absolute Gasteiger partial charge is 0.288 e. The van der Waals surface area contributed by atoms with E-state index in [1.165, 1.54) is 11.2 Å². The summed E-state index contributed by atoms with van der Waals surface area (Å²) in [6.07, 6.45) is 4.77. The molecule has 1 atom stereocenters. The molecule has 1 aliphatic rings. The van der Waals surface area contributed by atoms with Crippen LogP contribution in [0.1, 0.15) is 44.8 Å². The van der Waals surface area contributed by atoms with Gasteiger partial charge >= 0.3 is 0 Å². The van der Waals surface area contributed by atoms with Gasteiger partial charge < -0.3 is 10.6 Å². The number of halogens is 1. The van der Waals surface area contributed by atoms with Gasteiger partial charge in [0.1, 0.15) is 5.69 Å². The number of carbonyl (C=O) groups excluding carboxylic acids is 2. The first kappa shape index (κ1) is 23.8. The van der Waals surface area contributed by atoms with E-state index in [1.807, 2.05) is 31.2 Å². The summed E-state index contributed by atoms with van der Waals surface area (Å²) in [5.74, 6) is 5.49. The van der Waals surface area contributed by atoms with E-state index in [0.29, 0.717) is 34.9 Å². The van der Waals surface area contributed by atoms with Crippen LogP contribution in [0.3, 0.4) is 0 Å². The fraction of sp³-hybridized carbons (Fsp3) is 0.280. The predicted molar refractivity (Wildman–Crippen MR) is 131 cm³/mol. The van der Waals surface area contributed by atoms with Crippen molar-refractivity contribution < 1.29 is 9.59 Å². The van der Waals surface area contributed by atoms with Crippen LogP contribution in [-0.2, 0) is 6.54 Å². The van der Waals surface area contributed by atoms with Gasteiger partial charge in [0.15, 0.2) is 0 Å². The van der Waals surface area contributed by atoms with E-state index >= 15 is 0 Å². The molecule has 1 fully saturated rings. The van der Waals surface area contributed by atoms with Crippen LogP contribution in [0.25, 0.3) is 11.3 Å². The molecule has 0 aliphatic carbocycles. The second-order valence-corrected chi connectivity index (χ2v) is 8.70. The maximum Gasteiger partial charge on any atom is 0.288 e. The molecule has 0 saturated carbocycles. The summed E-state index contributed by atoms with van der Waals surface area (Å²) in [6.45, 7) is 3.86. The van der Waals surface area contributed by atoms with Crippen molar-refractivity contribution in [1.82, 2.24) is 25.6 Å². The zero-order chi connectivity index (χ0) is 24.1. The Hall–Kier alpha value is -3.33. The van der Waals surface area contributed by atoms with Gasteiger partial charge in [0.25, 0.3) is 11.8 Å². The summed E-state index contributed by atoms with van der Waals surface area (Å²) in [4.78, 5) is 34.3. The van der Waals surface area contributed by atoms with Crippen LogP contribution < -0.4 is 16.5 Å². The Balaban J connectivity index is 1.48. The number of carbonyl (C=O) groups is 2. The minimum Gasteiger partial charge on any atom is -0.348 e. The first-order chi connectivity index (χ1) is 16.4. The van der Waals surface area contributed by atoms with E-state index in [9.17, 15) is 9.59 Å². The average Bonchev–Trinajstić information content (AvgIpc) is 2.89. The normalized spacial score (nSPS) is 15.6. The maximum atomic E-state index is 12.9. The molecule has 2 heterocycles. The van der Waals surface area contributed by atoms with E-state index in [2.05, 4.69) is 20.6 Å². The topological polar surface area (TPSA) is 113 Å². The summed E-state index contributed by atoms with van der Waals surface area (Å²) in [5.41, 5.74) is 3.70. The number of rotatable bonds is 6. The Labute approximate surface area is 203 Å². The third-order valence-electron chi connectivity index (χ3n) is 5.99. The largest absolute Gasteiger partial charge is 0.348 e. The highest BCUT2D eigenvalue weighted by atomic mass is 35.5. The number of aromatic nitrogens is 2. The van der Waals surface area contributed by atoms with Gasteiger partial charge in [-0.3, -0.25) is 19.6 Å². The monoisotopic (exact) mass is 478 g/mol.